The summed E-state index contributed by atoms with van der Waals surface area (Å²) >= 11 is 5.12. The molecule has 0 amide bonds. The number of allylic oxidation sites excluding steroid dienone is 6. The van der Waals surface area contributed by atoms with E-state index in [1.807, 2.05) is 32.9 Å². The van der Waals surface area contributed by atoms with Gasteiger partial charge in [-0.2, -0.15) is 0 Å². The Morgan fingerprint density at radius 3 is 2.69 bits per heavy atom. The van der Waals surface area contributed by atoms with Gasteiger partial charge in [-0.15, -0.1) is 0 Å². The van der Waals surface area contributed by atoms with Crippen LogP contribution in [0.5, 0.6) is 0 Å². The second kappa shape index (κ2) is 5.13. The first kappa shape index (κ1) is 13.4. The molecule has 0 radical (unpaired) electrons. The standard InChI is InChI=1S/C12H17O2PS/c1-5-7-8-11-9(3)10(4)12(6-2)15(13,16)14-11/h6-8H,4-5H2,1-3H3,(H,13,16). The molecule has 0 saturated carbocycles. The summed E-state index contributed by atoms with van der Waals surface area (Å²) in [7, 11) is 0. The minimum Gasteiger partial charge on any atom is -0.440 e. The molecule has 0 bridgehead atoms. The third-order valence-corrected chi connectivity index (χ3v) is 4.83. The Morgan fingerprint density at radius 1 is 1.56 bits per heavy atom. The summed E-state index contributed by atoms with van der Waals surface area (Å²) in [4.78, 5) is 10.1. The molecule has 88 valence electrons. The Bertz CT molecular complexity index is 444. The fraction of sp³-hybridized carbons (Fsp3) is 0.333. The van der Waals surface area contributed by atoms with E-state index in [0.717, 1.165) is 17.6 Å². The summed E-state index contributed by atoms with van der Waals surface area (Å²) in [5, 5.41) is 0.661. The maximum Gasteiger partial charge on any atom is 0.266 e. The highest BCUT2D eigenvalue weighted by Crippen LogP contribution is 2.60. The lowest BCUT2D eigenvalue weighted by Crippen LogP contribution is -2.05. The van der Waals surface area contributed by atoms with Gasteiger partial charge in [0.1, 0.15) is 5.76 Å². The van der Waals surface area contributed by atoms with Crippen molar-refractivity contribution >= 4 is 18.3 Å². The van der Waals surface area contributed by atoms with Gasteiger partial charge in [-0.1, -0.05) is 25.7 Å². The first-order valence-electron chi connectivity index (χ1n) is 5.20. The van der Waals surface area contributed by atoms with Gasteiger partial charge in [0.2, 0.25) is 0 Å². The fourth-order valence-corrected chi connectivity index (χ4v) is 3.77. The Kier molecular flexibility index (Phi) is 4.31. The predicted octanol–water partition coefficient (Wildman–Crippen LogP) is 4.02. The van der Waals surface area contributed by atoms with Crippen LogP contribution in [-0.4, -0.2) is 4.89 Å². The van der Waals surface area contributed by atoms with Crippen molar-refractivity contribution in [3.63, 3.8) is 0 Å². The molecular weight excluding hydrogens is 239 g/mol. The van der Waals surface area contributed by atoms with Crippen LogP contribution >= 0.6 is 6.49 Å². The minimum atomic E-state index is -2.90. The van der Waals surface area contributed by atoms with Gasteiger partial charge in [0, 0.05) is 0 Å². The summed E-state index contributed by atoms with van der Waals surface area (Å²) in [5.41, 5.74) is 1.72. The van der Waals surface area contributed by atoms with Crippen molar-refractivity contribution in [2.75, 3.05) is 0 Å². The summed E-state index contributed by atoms with van der Waals surface area (Å²) < 4.78 is 5.51. The summed E-state index contributed by atoms with van der Waals surface area (Å²) in [6, 6.07) is 0. The van der Waals surface area contributed by atoms with Crippen molar-refractivity contribution in [3.8, 4) is 0 Å². The molecule has 1 heterocycles. The molecule has 1 aliphatic heterocycles. The average Bonchev–Trinajstić information content (AvgIpc) is 2.21. The van der Waals surface area contributed by atoms with Gasteiger partial charge in [-0.05, 0) is 49.3 Å². The third kappa shape index (κ3) is 2.54. The van der Waals surface area contributed by atoms with E-state index in [4.69, 9.17) is 16.3 Å². The molecule has 1 aliphatic rings. The third-order valence-electron chi connectivity index (χ3n) is 2.44. The first-order chi connectivity index (χ1) is 7.44. The van der Waals surface area contributed by atoms with Gasteiger partial charge in [0.25, 0.3) is 6.49 Å². The van der Waals surface area contributed by atoms with Crippen molar-refractivity contribution in [2.45, 2.75) is 27.2 Å². The minimum absolute atomic E-state index is 0.642. The topological polar surface area (TPSA) is 29.5 Å². The monoisotopic (exact) mass is 256 g/mol. The van der Waals surface area contributed by atoms with Gasteiger partial charge < -0.3 is 9.42 Å². The number of hydrogen-bond donors (Lipinski definition) is 1. The zero-order chi connectivity index (χ0) is 12.3. The van der Waals surface area contributed by atoms with Crippen molar-refractivity contribution in [3.05, 3.63) is 47.0 Å². The highest BCUT2D eigenvalue weighted by Gasteiger charge is 2.30. The van der Waals surface area contributed by atoms with Crippen LogP contribution in [0.3, 0.4) is 0 Å². The quantitative estimate of drug-likeness (QED) is 0.757. The summed E-state index contributed by atoms with van der Waals surface area (Å²) in [6.07, 6.45) is 6.52. The molecule has 1 unspecified atom stereocenters. The second-order valence-electron chi connectivity index (χ2n) is 3.56. The van der Waals surface area contributed by atoms with Gasteiger partial charge in [0.05, 0.1) is 5.31 Å². The molecule has 0 aromatic heterocycles. The largest absolute Gasteiger partial charge is 0.440 e. The lowest BCUT2D eigenvalue weighted by atomic mass is 10.1. The van der Waals surface area contributed by atoms with Crippen molar-refractivity contribution in [1.82, 2.24) is 0 Å². The van der Waals surface area contributed by atoms with Crippen LogP contribution in [0.2, 0.25) is 0 Å². The van der Waals surface area contributed by atoms with Crippen molar-refractivity contribution < 1.29 is 9.42 Å². The Balaban J connectivity index is 3.24. The molecule has 1 rings (SSSR count). The molecule has 0 aliphatic carbocycles. The van der Waals surface area contributed by atoms with E-state index in [1.54, 1.807) is 6.08 Å². The normalized spacial score (nSPS) is 29.0. The van der Waals surface area contributed by atoms with Crippen LogP contribution in [0.25, 0.3) is 0 Å². The molecule has 16 heavy (non-hydrogen) atoms. The SMILES string of the molecule is C=C1C(=CC)P(O)(=S)OC(C=CCC)=C1C. The molecule has 4 heteroatoms. The molecule has 0 fully saturated rings. The van der Waals surface area contributed by atoms with E-state index in [9.17, 15) is 4.89 Å². The van der Waals surface area contributed by atoms with E-state index in [1.165, 1.54) is 0 Å². The van der Waals surface area contributed by atoms with Crippen molar-refractivity contribution in [1.29, 1.82) is 0 Å². The van der Waals surface area contributed by atoms with Crippen LogP contribution in [0, 0.1) is 0 Å². The zero-order valence-corrected chi connectivity index (χ0v) is 11.6. The predicted molar refractivity (Wildman–Crippen MR) is 72.6 cm³/mol. The number of rotatable bonds is 2. The van der Waals surface area contributed by atoms with E-state index >= 15 is 0 Å². The molecule has 2 nitrogen and oxygen atoms in total. The molecule has 0 aromatic carbocycles. The van der Waals surface area contributed by atoms with E-state index in [0.29, 0.717) is 11.1 Å². The maximum absolute atomic E-state index is 10.1. The van der Waals surface area contributed by atoms with Gasteiger partial charge in [-0.25, -0.2) is 0 Å². The van der Waals surface area contributed by atoms with E-state index in [-0.39, 0.29) is 0 Å². The number of hydrogen-bond acceptors (Lipinski definition) is 2. The van der Waals surface area contributed by atoms with Crippen LogP contribution in [0.4, 0.5) is 0 Å². The molecular formula is C12H17O2PS. The molecule has 1 atom stereocenters. The molecule has 0 aromatic rings. The smallest absolute Gasteiger partial charge is 0.266 e. The summed E-state index contributed by atoms with van der Waals surface area (Å²) in [6.45, 7) is 6.86. The highest BCUT2D eigenvalue weighted by atomic mass is 32.5. The first-order valence-corrected chi connectivity index (χ1v) is 7.87. The Morgan fingerprint density at radius 2 is 2.19 bits per heavy atom. The molecule has 0 spiro atoms. The van der Waals surface area contributed by atoms with E-state index < -0.39 is 6.49 Å². The Labute approximate surface area is 102 Å². The maximum atomic E-state index is 10.1. The van der Waals surface area contributed by atoms with E-state index in [2.05, 4.69) is 6.58 Å². The van der Waals surface area contributed by atoms with Crippen LogP contribution in [0.1, 0.15) is 27.2 Å². The summed E-state index contributed by atoms with van der Waals surface area (Å²) in [5.74, 6) is 0.642. The molecule has 0 saturated heterocycles. The van der Waals surface area contributed by atoms with Crippen LogP contribution in [0.15, 0.2) is 47.0 Å². The van der Waals surface area contributed by atoms with Crippen LogP contribution in [-0.2, 0) is 16.3 Å². The van der Waals surface area contributed by atoms with Crippen molar-refractivity contribution in [2.24, 2.45) is 0 Å². The van der Waals surface area contributed by atoms with Gasteiger partial charge >= 0.3 is 0 Å². The Hall–Kier alpha value is -0.630. The zero-order valence-electron chi connectivity index (χ0n) is 9.86. The van der Waals surface area contributed by atoms with Crippen LogP contribution < -0.4 is 0 Å². The highest BCUT2D eigenvalue weighted by molar-refractivity contribution is 8.11. The fourth-order valence-electron chi connectivity index (χ4n) is 1.48. The van der Waals surface area contributed by atoms with Gasteiger partial charge in [0.15, 0.2) is 0 Å². The lowest BCUT2D eigenvalue weighted by Gasteiger charge is -2.28. The average molecular weight is 256 g/mol. The molecule has 1 N–H and O–H groups in total. The lowest BCUT2D eigenvalue weighted by molar-refractivity contribution is 0.409. The second-order valence-corrected chi connectivity index (χ2v) is 6.75. The van der Waals surface area contributed by atoms with Gasteiger partial charge in [-0.3, -0.25) is 0 Å².